The third kappa shape index (κ3) is 1.87. The van der Waals surface area contributed by atoms with E-state index in [4.69, 9.17) is 0 Å². The molecule has 1 aromatic heterocycles. The molecule has 70 valence electrons. The Morgan fingerprint density at radius 3 is 2.36 bits per heavy atom. The SMILES string of the molecule is O=c1ccc(-c2ccccc2)c(I)[nH]1. The van der Waals surface area contributed by atoms with Crippen molar-refractivity contribution in [1.29, 1.82) is 0 Å². The van der Waals surface area contributed by atoms with E-state index in [2.05, 4.69) is 27.6 Å². The number of aromatic amines is 1. The van der Waals surface area contributed by atoms with Crippen LogP contribution in [-0.4, -0.2) is 4.98 Å². The molecule has 0 spiro atoms. The van der Waals surface area contributed by atoms with Crippen molar-refractivity contribution in [3.63, 3.8) is 0 Å². The highest BCUT2D eigenvalue weighted by Crippen LogP contribution is 2.21. The number of hydrogen-bond acceptors (Lipinski definition) is 1. The van der Waals surface area contributed by atoms with Gasteiger partial charge < -0.3 is 4.98 Å². The number of pyridine rings is 1. The largest absolute Gasteiger partial charge is 0.317 e. The maximum Gasteiger partial charge on any atom is 0.248 e. The van der Waals surface area contributed by atoms with Crippen LogP contribution >= 0.6 is 22.6 Å². The van der Waals surface area contributed by atoms with Crippen molar-refractivity contribution >= 4 is 22.6 Å². The van der Waals surface area contributed by atoms with Gasteiger partial charge in [-0.15, -0.1) is 0 Å². The monoisotopic (exact) mass is 297 g/mol. The normalized spacial score (nSPS) is 10.1. The topological polar surface area (TPSA) is 32.9 Å². The van der Waals surface area contributed by atoms with E-state index in [1.807, 2.05) is 36.4 Å². The van der Waals surface area contributed by atoms with E-state index in [0.717, 1.165) is 14.8 Å². The van der Waals surface area contributed by atoms with Gasteiger partial charge in [0.15, 0.2) is 0 Å². The molecule has 1 N–H and O–H groups in total. The number of benzene rings is 1. The van der Waals surface area contributed by atoms with Crippen LogP contribution in [0.4, 0.5) is 0 Å². The second-order valence-corrected chi connectivity index (χ2v) is 4.00. The van der Waals surface area contributed by atoms with Gasteiger partial charge in [0.2, 0.25) is 5.56 Å². The molecule has 0 aliphatic heterocycles. The maximum absolute atomic E-state index is 11.0. The fourth-order valence-electron chi connectivity index (χ4n) is 1.29. The van der Waals surface area contributed by atoms with Crippen LogP contribution < -0.4 is 5.56 Å². The predicted molar refractivity (Wildman–Crippen MR) is 65.2 cm³/mol. The average molecular weight is 297 g/mol. The Morgan fingerprint density at radius 2 is 1.71 bits per heavy atom. The molecule has 0 aliphatic carbocycles. The van der Waals surface area contributed by atoms with Gasteiger partial charge in [0, 0.05) is 11.6 Å². The van der Waals surface area contributed by atoms with Crippen molar-refractivity contribution in [3.8, 4) is 11.1 Å². The highest BCUT2D eigenvalue weighted by molar-refractivity contribution is 14.1. The summed E-state index contributed by atoms with van der Waals surface area (Å²) >= 11 is 2.13. The minimum atomic E-state index is -0.0610. The average Bonchev–Trinajstić information content (AvgIpc) is 2.19. The molecule has 3 heteroatoms. The van der Waals surface area contributed by atoms with E-state index >= 15 is 0 Å². The smallest absolute Gasteiger partial charge is 0.248 e. The van der Waals surface area contributed by atoms with Crippen LogP contribution in [-0.2, 0) is 0 Å². The van der Waals surface area contributed by atoms with Gasteiger partial charge in [-0.1, -0.05) is 30.3 Å². The minimum absolute atomic E-state index is 0.0610. The molecule has 0 saturated carbocycles. The number of rotatable bonds is 1. The molecule has 2 aromatic rings. The molecule has 0 unspecified atom stereocenters. The second-order valence-electron chi connectivity index (χ2n) is 2.92. The Kier molecular flexibility index (Phi) is 2.67. The fourth-order valence-corrected chi connectivity index (χ4v) is 2.05. The summed E-state index contributed by atoms with van der Waals surface area (Å²) in [5.41, 5.74) is 2.12. The first kappa shape index (κ1) is 9.45. The Labute approximate surface area is 95.1 Å². The van der Waals surface area contributed by atoms with Gasteiger partial charge in [-0.25, -0.2) is 0 Å². The summed E-state index contributed by atoms with van der Waals surface area (Å²) in [6, 6.07) is 13.4. The maximum atomic E-state index is 11.0. The van der Waals surface area contributed by atoms with E-state index < -0.39 is 0 Å². The van der Waals surface area contributed by atoms with Crippen molar-refractivity contribution < 1.29 is 0 Å². The third-order valence-electron chi connectivity index (χ3n) is 1.96. The molecule has 2 nitrogen and oxygen atoms in total. The zero-order valence-corrected chi connectivity index (χ0v) is 9.49. The zero-order valence-electron chi connectivity index (χ0n) is 7.33. The van der Waals surface area contributed by atoms with E-state index in [9.17, 15) is 4.79 Å². The lowest BCUT2D eigenvalue weighted by Gasteiger charge is -2.02. The summed E-state index contributed by atoms with van der Waals surface area (Å²) in [5.74, 6) is 0. The lowest BCUT2D eigenvalue weighted by atomic mass is 10.1. The van der Waals surface area contributed by atoms with Crippen LogP contribution in [0.25, 0.3) is 11.1 Å². The summed E-state index contributed by atoms with van der Waals surface area (Å²) in [7, 11) is 0. The van der Waals surface area contributed by atoms with Crippen molar-refractivity contribution in [1.82, 2.24) is 4.98 Å². The first-order valence-corrected chi connectivity index (χ1v) is 5.29. The molecule has 0 aliphatic rings. The molecule has 0 atom stereocenters. The number of nitrogens with one attached hydrogen (secondary N) is 1. The molecule has 0 amide bonds. The van der Waals surface area contributed by atoms with Crippen LogP contribution in [0.5, 0.6) is 0 Å². The quantitative estimate of drug-likeness (QED) is 0.637. The Balaban J connectivity index is 2.58. The van der Waals surface area contributed by atoms with Crippen molar-refractivity contribution in [2.45, 2.75) is 0 Å². The summed E-state index contributed by atoms with van der Waals surface area (Å²) in [5, 5.41) is 0. The van der Waals surface area contributed by atoms with Gasteiger partial charge in [0.25, 0.3) is 0 Å². The van der Waals surface area contributed by atoms with Crippen molar-refractivity contribution in [2.24, 2.45) is 0 Å². The molecule has 0 fully saturated rings. The van der Waals surface area contributed by atoms with Gasteiger partial charge in [-0.3, -0.25) is 4.79 Å². The Morgan fingerprint density at radius 1 is 1.00 bits per heavy atom. The first-order chi connectivity index (χ1) is 6.77. The fraction of sp³-hybridized carbons (Fsp3) is 0. The van der Waals surface area contributed by atoms with E-state index in [1.165, 1.54) is 0 Å². The summed E-state index contributed by atoms with van der Waals surface area (Å²) < 4.78 is 0.876. The van der Waals surface area contributed by atoms with Gasteiger partial charge in [-0.2, -0.15) is 0 Å². The van der Waals surface area contributed by atoms with Gasteiger partial charge >= 0.3 is 0 Å². The predicted octanol–water partition coefficient (Wildman–Crippen LogP) is 2.65. The molecular formula is C11H8INO. The van der Waals surface area contributed by atoms with Crippen molar-refractivity contribution in [2.75, 3.05) is 0 Å². The molecule has 2 rings (SSSR count). The minimum Gasteiger partial charge on any atom is -0.317 e. The molecule has 0 saturated heterocycles. The summed E-state index contributed by atoms with van der Waals surface area (Å²) in [4.78, 5) is 13.8. The van der Waals surface area contributed by atoms with E-state index in [1.54, 1.807) is 6.07 Å². The highest BCUT2D eigenvalue weighted by atomic mass is 127. The number of hydrogen-bond donors (Lipinski definition) is 1. The highest BCUT2D eigenvalue weighted by Gasteiger charge is 2.01. The standard InChI is InChI=1S/C11H8INO/c12-11-9(6-7-10(14)13-11)8-4-2-1-3-5-8/h1-7H,(H,13,14). The summed E-state index contributed by atoms with van der Waals surface area (Å²) in [6.45, 7) is 0. The number of halogens is 1. The zero-order chi connectivity index (χ0) is 9.97. The van der Waals surface area contributed by atoms with Gasteiger partial charge in [0.05, 0.1) is 3.70 Å². The number of aromatic nitrogens is 1. The summed E-state index contributed by atoms with van der Waals surface area (Å²) in [6.07, 6.45) is 0. The Bertz CT molecular complexity index is 490. The van der Waals surface area contributed by atoms with Crippen LogP contribution in [0.2, 0.25) is 0 Å². The Hall–Kier alpha value is -1.10. The van der Waals surface area contributed by atoms with Crippen LogP contribution in [0.15, 0.2) is 47.3 Å². The first-order valence-electron chi connectivity index (χ1n) is 4.21. The van der Waals surface area contributed by atoms with E-state index in [-0.39, 0.29) is 5.56 Å². The molecule has 0 radical (unpaired) electrons. The van der Waals surface area contributed by atoms with Gasteiger partial charge in [-0.05, 0) is 34.2 Å². The van der Waals surface area contributed by atoms with Crippen LogP contribution in [0, 0.1) is 3.70 Å². The molecule has 14 heavy (non-hydrogen) atoms. The molecule has 1 heterocycles. The molecule has 1 aromatic carbocycles. The third-order valence-corrected chi connectivity index (χ3v) is 2.81. The lowest BCUT2D eigenvalue weighted by Crippen LogP contribution is -2.05. The van der Waals surface area contributed by atoms with E-state index in [0.29, 0.717) is 0 Å². The van der Waals surface area contributed by atoms with Crippen LogP contribution in [0.3, 0.4) is 0 Å². The van der Waals surface area contributed by atoms with Crippen LogP contribution in [0.1, 0.15) is 0 Å². The number of H-pyrrole nitrogens is 1. The van der Waals surface area contributed by atoms with Crippen molar-refractivity contribution in [3.05, 3.63) is 56.5 Å². The molecular weight excluding hydrogens is 289 g/mol. The lowest BCUT2D eigenvalue weighted by molar-refractivity contribution is 1.20. The molecule has 0 bridgehead atoms. The van der Waals surface area contributed by atoms with Gasteiger partial charge in [0.1, 0.15) is 0 Å². The second kappa shape index (κ2) is 3.96.